The first kappa shape index (κ1) is 18.4. The quantitative estimate of drug-likeness (QED) is 0.823. The third-order valence-electron chi connectivity index (χ3n) is 7.61. The number of aromatic nitrogens is 2. The molecule has 3 aliphatic rings. The normalized spacial score (nSPS) is 28.6. The Hall–Kier alpha value is -1.65. The van der Waals surface area contributed by atoms with E-state index >= 15 is 0 Å². The maximum Gasteiger partial charge on any atom is 0.0951 e. The van der Waals surface area contributed by atoms with Gasteiger partial charge in [-0.3, -0.25) is 4.90 Å². The lowest BCUT2D eigenvalue weighted by Crippen LogP contribution is -2.33. The van der Waals surface area contributed by atoms with Gasteiger partial charge in [-0.25, -0.2) is 4.98 Å². The molecule has 1 aromatic heterocycles. The first-order valence-corrected chi connectivity index (χ1v) is 11.3. The highest BCUT2D eigenvalue weighted by Gasteiger charge is 2.48. The van der Waals surface area contributed by atoms with Gasteiger partial charge < -0.3 is 9.88 Å². The summed E-state index contributed by atoms with van der Waals surface area (Å²) >= 11 is 0. The van der Waals surface area contributed by atoms with Crippen molar-refractivity contribution in [3.8, 4) is 0 Å². The van der Waals surface area contributed by atoms with Crippen LogP contribution in [0.3, 0.4) is 0 Å². The van der Waals surface area contributed by atoms with Crippen LogP contribution in [0.25, 0.3) is 0 Å². The molecule has 0 spiro atoms. The summed E-state index contributed by atoms with van der Waals surface area (Å²) in [4.78, 5) is 7.24. The first-order valence-electron chi connectivity index (χ1n) is 11.3. The molecule has 1 saturated carbocycles. The fraction of sp³-hybridized carbons (Fsp3) is 0.625. The van der Waals surface area contributed by atoms with E-state index in [0.29, 0.717) is 11.5 Å². The third-order valence-corrected chi connectivity index (χ3v) is 7.61. The Labute approximate surface area is 169 Å². The Morgan fingerprint density at radius 3 is 2.82 bits per heavy atom. The van der Waals surface area contributed by atoms with Crippen LogP contribution in [-0.4, -0.2) is 40.6 Å². The number of nitrogens with zero attached hydrogens (tertiary/aromatic N) is 3. The van der Waals surface area contributed by atoms with Crippen molar-refractivity contribution in [2.75, 3.05) is 26.2 Å². The van der Waals surface area contributed by atoms with Crippen LogP contribution in [0.5, 0.6) is 0 Å². The Morgan fingerprint density at radius 1 is 1.11 bits per heavy atom. The highest BCUT2D eigenvalue weighted by molar-refractivity contribution is 5.16. The van der Waals surface area contributed by atoms with Gasteiger partial charge in [0.2, 0.25) is 0 Å². The summed E-state index contributed by atoms with van der Waals surface area (Å²) in [6.07, 6.45) is 13.5. The van der Waals surface area contributed by atoms with Gasteiger partial charge >= 0.3 is 0 Å². The van der Waals surface area contributed by atoms with Crippen molar-refractivity contribution in [1.82, 2.24) is 19.8 Å². The molecule has 1 N–H and O–H groups in total. The molecular formula is C24H34N4. The zero-order chi connectivity index (χ0) is 18.8. The van der Waals surface area contributed by atoms with Crippen LogP contribution in [-0.2, 0) is 13.0 Å². The predicted molar refractivity (Wildman–Crippen MR) is 113 cm³/mol. The van der Waals surface area contributed by atoms with Crippen molar-refractivity contribution in [2.45, 2.75) is 57.5 Å². The zero-order valence-electron chi connectivity index (χ0n) is 17.0. The average Bonchev–Trinajstić information content (AvgIpc) is 3.43. The topological polar surface area (TPSA) is 33.1 Å². The minimum atomic E-state index is 0.450. The zero-order valence-corrected chi connectivity index (χ0v) is 17.0. The number of benzene rings is 1. The largest absolute Gasteiger partial charge is 0.330 e. The number of likely N-dealkylation sites (tertiary alicyclic amines) is 1. The molecule has 5 rings (SSSR count). The van der Waals surface area contributed by atoms with Gasteiger partial charge in [-0.15, -0.1) is 0 Å². The van der Waals surface area contributed by atoms with E-state index in [1.807, 2.05) is 0 Å². The van der Waals surface area contributed by atoms with Gasteiger partial charge in [0.05, 0.1) is 12.0 Å². The Morgan fingerprint density at radius 2 is 1.96 bits per heavy atom. The van der Waals surface area contributed by atoms with Gasteiger partial charge in [0.15, 0.2) is 0 Å². The van der Waals surface area contributed by atoms with Gasteiger partial charge in [0.25, 0.3) is 0 Å². The maximum atomic E-state index is 4.53. The summed E-state index contributed by atoms with van der Waals surface area (Å²) in [5, 5.41) is 3.70. The van der Waals surface area contributed by atoms with Gasteiger partial charge in [-0.1, -0.05) is 49.6 Å². The average molecular weight is 379 g/mol. The van der Waals surface area contributed by atoms with Crippen LogP contribution in [0.4, 0.5) is 0 Å². The standard InChI is InChI=1S/C24H34N4/c1-3-7-20(8-4-1)11-12-24-17-25-13-21(24)15-27(18-24)16-23-14-26-19-28(23)22-9-5-2-6-10-22/h1,3-4,7-8,14,19,21-22,25H,2,5-6,9-13,15-18H2. The van der Waals surface area contributed by atoms with Crippen LogP contribution >= 0.6 is 0 Å². The van der Waals surface area contributed by atoms with Crippen LogP contribution < -0.4 is 5.32 Å². The number of rotatable bonds is 6. The molecule has 1 aromatic carbocycles. The van der Waals surface area contributed by atoms with Crippen LogP contribution in [0, 0.1) is 11.3 Å². The molecule has 2 saturated heterocycles. The highest BCUT2D eigenvalue weighted by Crippen LogP contribution is 2.43. The third kappa shape index (κ3) is 3.65. The molecule has 3 heterocycles. The lowest BCUT2D eigenvalue weighted by molar-refractivity contribution is 0.232. The summed E-state index contributed by atoms with van der Waals surface area (Å²) < 4.78 is 2.50. The smallest absolute Gasteiger partial charge is 0.0951 e. The molecule has 1 aliphatic carbocycles. The SMILES string of the molecule is c1ccc(CCC23CNCC2CN(Cc2cncn2C2CCCCC2)C3)cc1. The van der Waals surface area contributed by atoms with E-state index in [9.17, 15) is 0 Å². The molecule has 2 aliphatic heterocycles. The van der Waals surface area contributed by atoms with Crippen molar-refractivity contribution in [3.05, 3.63) is 54.1 Å². The Balaban J connectivity index is 1.25. The van der Waals surface area contributed by atoms with E-state index in [1.165, 1.54) is 82.4 Å². The molecule has 0 amide bonds. The van der Waals surface area contributed by atoms with Crippen molar-refractivity contribution < 1.29 is 0 Å². The van der Waals surface area contributed by atoms with E-state index in [2.05, 4.69) is 62.6 Å². The van der Waals surface area contributed by atoms with E-state index < -0.39 is 0 Å². The van der Waals surface area contributed by atoms with Crippen molar-refractivity contribution in [1.29, 1.82) is 0 Å². The molecule has 4 nitrogen and oxygen atoms in total. The summed E-state index contributed by atoms with van der Waals surface area (Å²) in [6.45, 7) is 5.90. The summed E-state index contributed by atoms with van der Waals surface area (Å²) in [6, 6.07) is 11.7. The fourth-order valence-electron chi connectivity index (χ4n) is 6.02. The number of nitrogens with one attached hydrogen (secondary N) is 1. The minimum Gasteiger partial charge on any atom is -0.330 e. The van der Waals surface area contributed by atoms with Crippen LogP contribution in [0.1, 0.15) is 55.8 Å². The molecular weight excluding hydrogens is 344 g/mol. The van der Waals surface area contributed by atoms with Crippen molar-refractivity contribution >= 4 is 0 Å². The number of hydrogen-bond acceptors (Lipinski definition) is 3. The second-order valence-electron chi connectivity index (χ2n) is 9.43. The number of imidazole rings is 1. The lowest BCUT2D eigenvalue weighted by Gasteiger charge is -2.29. The molecule has 4 heteroatoms. The van der Waals surface area contributed by atoms with E-state index in [-0.39, 0.29) is 0 Å². The number of fused-ring (bicyclic) bond motifs is 1. The molecule has 2 aromatic rings. The summed E-state index contributed by atoms with van der Waals surface area (Å²) in [7, 11) is 0. The number of aryl methyl sites for hydroxylation is 1. The van der Waals surface area contributed by atoms with E-state index in [1.54, 1.807) is 0 Å². The fourth-order valence-corrected chi connectivity index (χ4v) is 6.02. The monoisotopic (exact) mass is 378 g/mol. The lowest BCUT2D eigenvalue weighted by atomic mass is 9.76. The number of hydrogen-bond donors (Lipinski definition) is 1. The highest BCUT2D eigenvalue weighted by atomic mass is 15.2. The van der Waals surface area contributed by atoms with Crippen LogP contribution in [0.15, 0.2) is 42.9 Å². The summed E-state index contributed by atoms with van der Waals surface area (Å²) in [5.41, 5.74) is 3.36. The molecule has 28 heavy (non-hydrogen) atoms. The van der Waals surface area contributed by atoms with Gasteiger partial charge in [0.1, 0.15) is 0 Å². The van der Waals surface area contributed by atoms with Crippen molar-refractivity contribution in [2.24, 2.45) is 11.3 Å². The summed E-state index contributed by atoms with van der Waals surface area (Å²) in [5.74, 6) is 0.794. The second-order valence-corrected chi connectivity index (χ2v) is 9.43. The van der Waals surface area contributed by atoms with Gasteiger partial charge in [-0.05, 0) is 43.7 Å². The molecule has 150 valence electrons. The van der Waals surface area contributed by atoms with Gasteiger partial charge in [0, 0.05) is 43.8 Å². The second kappa shape index (κ2) is 8.00. The predicted octanol–water partition coefficient (Wildman–Crippen LogP) is 4.04. The molecule has 0 bridgehead atoms. The molecule has 2 unspecified atom stereocenters. The molecule has 0 radical (unpaired) electrons. The van der Waals surface area contributed by atoms with Crippen LogP contribution in [0.2, 0.25) is 0 Å². The van der Waals surface area contributed by atoms with Gasteiger partial charge in [-0.2, -0.15) is 0 Å². The maximum absolute atomic E-state index is 4.53. The molecule has 2 atom stereocenters. The molecule has 3 fully saturated rings. The van der Waals surface area contributed by atoms with E-state index in [0.717, 1.165) is 12.5 Å². The first-order chi connectivity index (χ1) is 13.8. The Bertz CT molecular complexity index is 764. The van der Waals surface area contributed by atoms with E-state index in [4.69, 9.17) is 0 Å². The Kier molecular flexibility index (Phi) is 5.25. The minimum absolute atomic E-state index is 0.450. The van der Waals surface area contributed by atoms with Crippen molar-refractivity contribution in [3.63, 3.8) is 0 Å².